The first-order valence-electron chi connectivity index (χ1n) is 11.6. The van der Waals surface area contributed by atoms with E-state index < -0.39 is 11.9 Å². The zero-order valence-electron chi connectivity index (χ0n) is 19.4. The Kier molecular flexibility index (Phi) is 25.5. The first kappa shape index (κ1) is 31.3. The maximum Gasteiger partial charge on any atom is 1.00 e. The van der Waals surface area contributed by atoms with Crippen LogP contribution in [0, 0.1) is 0 Å². The molecular formula is C25H41NaO4. The standard InChI is InChI=1S/C18H36O2.C7H6O2.Na/c1-2-3-4-5-6-7-8-9-10-11-12-13-14-15-16-17-18(19)20;8-7(9)6-4-2-1-3-5-6;/h2-17H2,1H3,(H,19,20);1-5H,(H,8,9);/q;;+1/p-1. The van der Waals surface area contributed by atoms with Crippen LogP contribution in [0.4, 0.5) is 0 Å². The van der Waals surface area contributed by atoms with E-state index >= 15 is 0 Å². The monoisotopic (exact) mass is 428 g/mol. The summed E-state index contributed by atoms with van der Waals surface area (Å²) in [6, 6.07) is 8.06. The van der Waals surface area contributed by atoms with Gasteiger partial charge in [0.15, 0.2) is 0 Å². The fourth-order valence-electron chi connectivity index (χ4n) is 3.22. The van der Waals surface area contributed by atoms with Gasteiger partial charge in [-0.2, -0.15) is 0 Å². The van der Waals surface area contributed by atoms with E-state index in [0.717, 1.165) is 12.8 Å². The van der Waals surface area contributed by atoms with Crippen LogP contribution in [0.3, 0.4) is 0 Å². The molecular weight excluding hydrogens is 387 g/mol. The van der Waals surface area contributed by atoms with Gasteiger partial charge in [-0.1, -0.05) is 127 Å². The van der Waals surface area contributed by atoms with Crippen molar-refractivity contribution in [1.29, 1.82) is 0 Å². The molecule has 0 saturated carbocycles. The Labute approximate surface area is 206 Å². The number of benzene rings is 1. The van der Waals surface area contributed by atoms with Gasteiger partial charge >= 0.3 is 35.5 Å². The number of hydrogen-bond donors (Lipinski definition) is 1. The van der Waals surface area contributed by atoms with E-state index in [1.807, 2.05) is 0 Å². The molecule has 5 heteroatoms. The van der Waals surface area contributed by atoms with Crippen molar-refractivity contribution in [3.8, 4) is 0 Å². The van der Waals surface area contributed by atoms with Crippen LogP contribution in [0.5, 0.6) is 0 Å². The van der Waals surface area contributed by atoms with Crippen LogP contribution in [0.2, 0.25) is 0 Å². The van der Waals surface area contributed by atoms with E-state index in [0.29, 0.717) is 6.42 Å². The molecule has 0 unspecified atom stereocenters. The summed E-state index contributed by atoms with van der Waals surface area (Å²) >= 11 is 0. The molecule has 0 atom stereocenters. The van der Waals surface area contributed by atoms with Crippen LogP contribution in [0.25, 0.3) is 0 Å². The number of unbranched alkanes of at least 4 members (excludes halogenated alkanes) is 14. The van der Waals surface area contributed by atoms with Crippen molar-refractivity contribution < 1.29 is 49.4 Å². The van der Waals surface area contributed by atoms with E-state index in [4.69, 9.17) is 5.11 Å². The molecule has 0 heterocycles. The molecule has 1 aromatic rings. The van der Waals surface area contributed by atoms with Crippen LogP contribution >= 0.6 is 0 Å². The van der Waals surface area contributed by atoms with Crippen LogP contribution in [0.1, 0.15) is 120 Å². The van der Waals surface area contributed by atoms with Gasteiger partial charge in [0.05, 0.1) is 5.97 Å². The largest absolute Gasteiger partial charge is 1.00 e. The maximum absolute atomic E-state index is 10.3. The minimum Gasteiger partial charge on any atom is -0.545 e. The molecule has 166 valence electrons. The van der Waals surface area contributed by atoms with Gasteiger partial charge < -0.3 is 15.0 Å². The minimum absolute atomic E-state index is 0. The molecule has 1 aromatic carbocycles. The number of carbonyl (C=O) groups is 2. The molecule has 4 nitrogen and oxygen atoms in total. The third-order valence-corrected chi connectivity index (χ3v) is 5.00. The number of carboxylic acids is 2. The first-order valence-corrected chi connectivity index (χ1v) is 11.6. The van der Waals surface area contributed by atoms with Gasteiger partial charge in [-0.05, 0) is 12.0 Å². The van der Waals surface area contributed by atoms with E-state index in [2.05, 4.69) is 6.92 Å². The third kappa shape index (κ3) is 23.4. The van der Waals surface area contributed by atoms with Crippen molar-refractivity contribution in [3.63, 3.8) is 0 Å². The van der Waals surface area contributed by atoms with Crippen LogP contribution in [-0.2, 0) is 4.79 Å². The third-order valence-electron chi connectivity index (χ3n) is 5.00. The summed E-state index contributed by atoms with van der Waals surface area (Å²) < 4.78 is 0. The van der Waals surface area contributed by atoms with Gasteiger partial charge in [-0.15, -0.1) is 0 Å². The molecule has 0 spiro atoms. The second-order valence-corrected chi connectivity index (χ2v) is 7.75. The van der Waals surface area contributed by atoms with Gasteiger partial charge in [-0.3, -0.25) is 4.79 Å². The molecule has 0 aliphatic carbocycles. The van der Waals surface area contributed by atoms with Crippen molar-refractivity contribution in [1.82, 2.24) is 0 Å². The predicted molar refractivity (Wildman–Crippen MR) is 118 cm³/mol. The second-order valence-electron chi connectivity index (χ2n) is 7.75. The van der Waals surface area contributed by atoms with Crippen molar-refractivity contribution in [2.24, 2.45) is 0 Å². The molecule has 0 fully saturated rings. The molecule has 1 N–H and O–H groups in total. The number of carbonyl (C=O) groups excluding carboxylic acids is 1. The fourth-order valence-corrected chi connectivity index (χ4v) is 3.22. The average Bonchev–Trinajstić information content (AvgIpc) is 2.72. The Bertz CT molecular complexity index is 505. The molecule has 0 aromatic heterocycles. The van der Waals surface area contributed by atoms with Crippen molar-refractivity contribution in [3.05, 3.63) is 35.9 Å². The van der Waals surface area contributed by atoms with Gasteiger partial charge in [0.25, 0.3) is 0 Å². The summed E-state index contributed by atoms with van der Waals surface area (Å²) in [6.07, 6.45) is 20.2. The molecule has 0 radical (unpaired) electrons. The number of aromatic carboxylic acids is 1. The van der Waals surface area contributed by atoms with Crippen molar-refractivity contribution in [2.45, 2.75) is 110 Å². The fraction of sp³-hybridized carbons (Fsp3) is 0.680. The van der Waals surface area contributed by atoms with E-state index in [-0.39, 0.29) is 35.1 Å². The Hall–Kier alpha value is -0.840. The molecule has 0 aliphatic heterocycles. The Morgan fingerprint density at radius 2 is 1.07 bits per heavy atom. The van der Waals surface area contributed by atoms with E-state index in [1.165, 1.54) is 95.6 Å². The van der Waals surface area contributed by atoms with E-state index in [9.17, 15) is 14.7 Å². The summed E-state index contributed by atoms with van der Waals surface area (Å²) in [5.41, 5.74) is 0.220. The average molecular weight is 429 g/mol. The summed E-state index contributed by atoms with van der Waals surface area (Å²) in [5, 5.41) is 18.6. The van der Waals surface area contributed by atoms with Gasteiger partial charge in [0, 0.05) is 6.42 Å². The van der Waals surface area contributed by atoms with Crippen molar-refractivity contribution in [2.75, 3.05) is 0 Å². The molecule has 30 heavy (non-hydrogen) atoms. The normalized spacial score (nSPS) is 9.90. The first-order chi connectivity index (χ1) is 14.1. The molecule has 1 rings (SSSR count). The zero-order valence-corrected chi connectivity index (χ0v) is 21.4. The summed E-state index contributed by atoms with van der Waals surface area (Å²) in [7, 11) is 0. The Morgan fingerprint density at radius 3 is 1.37 bits per heavy atom. The van der Waals surface area contributed by atoms with Crippen LogP contribution < -0.4 is 34.7 Å². The van der Waals surface area contributed by atoms with E-state index in [1.54, 1.807) is 18.2 Å². The number of hydrogen-bond acceptors (Lipinski definition) is 3. The van der Waals surface area contributed by atoms with Gasteiger partial charge in [-0.25, -0.2) is 0 Å². The smallest absolute Gasteiger partial charge is 0.545 e. The number of carboxylic acid groups (broad SMARTS) is 2. The molecule has 0 saturated heterocycles. The molecule has 0 aliphatic rings. The Balaban J connectivity index is 0. The zero-order chi connectivity index (χ0) is 21.6. The second kappa shape index (κ2) is 24.4. The quantitative estimate of drug-likeness (QED) is 0.305. The SMILES string of the molecule is CCCCCCCCCCCCCCCCCC(=O)O.O=C([O-])c1ccccc1.[Na+]. The van der Waals surface area contributed by atoms with Crippen LogP contribution in [0.15, 0.2) is 30.3 Å². The Morgan fingerprint density at radius 1 is 0.700 bits per heavy atom. The molecule has 0 amide bonds. The van der Waals surface area contributed by atoms with Crippen molar-refractivity contribution >= 4 is 11.9 Å². The number of aliphatic carboxylic acids is 1. The topological polar surface area (TPSA) is 77.4 Å². The molecule has 0 bridgehead atoms. The van der Waals surface area contributed by atoms with Crippen LogP contribution in [-0.4, -0.2) is 17.0 Å². The summed E-state index contributed by atoms with van der Waals surface area (Å²) in [4.78, 5) is 20.4. The minimum atomic E-state index is -1.13. The summed E-state index contributed by atoms with van der Waals surface area (Å²) in [6.45, 7) is 2.27. The predicted octanol–water partition coefficient (Wildman–Crippen LogP) is 3.39. The van der Waals surface area contributed by atoms with Gasteiger partial charge in [0.2, 0.25) is 0 Å². The van der Waals surface area contributed by atoms with Gasteiger partial charge in [0.1, 0.15) is 0 Å². The summed E-state index contributed by atoms with van der Waals surface area (Å²) in [5.74, 6) is -1.78. The maximum atomic E-state index is 10.3. The number of rotatable bonds is 17.